The minimum Gasteiger partial charge on any atom is -0.439 e. The highest BCUT2D eigenvalue weighted by atomic mass is 16.5. The Kier molecular flexibility index (Phi) is 6.27. The van der Waals surface area contributed by atoms with Crippen molar-refractivity contribution in [2.45, 2.75) is 6.92 Å². The van der Waals surface area contributed by atoms with Gasteiger partial charge < -0.3 is 15.8 Å². The predicted molar refractivity (Wildman–Crippen MR) is 139 cm³/mol. The number of nitrogens with zero attached hydrogens (tertiary/aromatic N) is 4. The number of anilines is 3. The van der Waals surface area contributed by atoms with Crippen LogP contribution in [0.2, 0.25) is 0 Å². The molecule has 9 nitrogen and oxygen atoms in total. The van der Waals surface area contributed by atoms with E-state index in [1.54, 1.807) is 28.9 Å². The fraction of sp³-hybridized carbons (Fsp3) is 0.0370. The molecule has 2 heterocycles. The quantitative estimate of drug-likeness (QED) is 0.290. The first-order valence-corrected chi connectivity index (χ1v) is 11.2. The lowest BCUT2D eigenvalue weighted by atomic mass is 10.2. The van der Waals surface area contributed by atoms with Gasteiger partial charge in [0.2, 0.25) is 5.88 Å². The third-order valence-electron chi connectivity index (χ3n) is 5.30. The second-order valence-electron chi connectivity index (χ2n) is 8.01. The number of nitrogen functional groups attached to an aromatic ring is 1. The molecule has 0 saturated carbocycles. The van der Waals surface area contributed by atoms with Gasteiger partial charge in [0.25, 0.3) is 0 Å². The Hall–Kier alpha value is -5.18. The molecular weight excluding hydrogens is 454 g/mol. The number of nitrogens with one attached hydrogen (secondary N) is 2. The van der Waals surface area contributed by atoms with Gasteiger partial charge in [0.05, 0.1) is 11.4 Å². The molecule has 36 heavy (non-hydrogen) atoms. The maximum atomic E-state index is 12.9. The van der Waals surface area contributed by atoms with Crippen molar-refractivity contribution in [2.24, 2.45) is 0 Å². The average Bonchev–Trinajstić information content (AvgIpc) is 3.30. The molecule has 2 amide bonds. The summed E-state index contributed by atoms with van der Waals surface area (Å²) in [6.07, 6.45) is 1.33. The zero-order valence-corrected chi connectivity index (χ0v) is 19.4. The zero-order valence-electron chi connectivity index (χ0n) is 19.4. The van der Waals surface area contributed by atoms with Gasteiger partial charge in [0, 0.05) is 23.4 Å². The summed E-state index contributed by atoms with van der Waals surface area (Å²) < 4.78 is 7.38. The van der Waals surface area contributed by atoms with E-state index in [9.17, 15) is 4.79 Å². The van der Waals surface area contributed by atoms with E-state index in [1.165, 1.54) is 12.4 Å². The molecule has 0 bridgehead atoms. The lowest BCUT2D eigenvalue weighted by molar-refractivity contribution is 0.262. The van der Waals surface area contributed by atoms with Gasteiger partial charge in [-0.05, 0) is 43.3 Å². The van der Waals surface area contributed by atoms with Crippen molar-refractivity contribution in [3.8, 4) is 28.6 Å². The number of rotatable bonds is 6. The fourth-order valence-electron chi connectivity index (χ4n) is 3.52. The number of carbonyl (C=O) groups excluding carboxylic acids is 1. The first kappa shape index (κ1) is 22.6. The van der Waals surface area contributed by atoms with Gasteiger partial charge >= 0.3 is 6.03 Å². The lowest BCUT2D eigenvalue weighted by Gasteiger charge is -2.11. The molecule has 0 atom stereocenters. The van der Waals surface area contributed by atoms with Gasteiger partial charge in [-0.25, -0.2) is 19.4 Å². The van der Waals surface area contributed by atoms with Crippen molar-refractivity contribution >= 4 is 23.4 Å². The highest BCUT2D eigenvalue weighted by molar-refractivity contribution is 5.99. The second-order valence-corrected chi connectivity index (χ2v) is 8.01. The Morgan fingerprint density at radius 2 is 1.64 bits per heavy atom. The molecule has 9 heteroatoms. The molecule has 0 aliphatic carbocycles. The zero-order chi connectivity index (χ0) is 24.9. The summed E-state index contributed by atoms with van der Waals surface area (Å²) in [4.78, 5) is 20.7. The van der Waals surface area contributed by atoms with Crippen molar-refractivity contribution in [3.63, 3.8) is 0 Å². The van der Waals surface area contributed by atoms with E-state index in [0.29, 0.717) is 29.0 Å². The Balaban J connectivity index is 1.32. The Morgan fingerprint density at radius 1 is 0.889 bits per heavy atom. The molecule has 178 valence electrons. The summed E-state index contributed by atoms with van der Waals surface area (Å²) in [6.45, 7) is 2.02. The average molecular weight is 478 g/mol. The smallest absolute Gasteiger partial charge is 0.324 e. The molecule has 5 aromatic rings. The number of aryl methyl sites for hydroxylation is 1. The monoisotopic (exact) mass is 477 g/mol. The third kappa shape index (κ3) is 5.31. The number of benzene rings is 3. The summed E-state index contributed by atoms with van der Waals surface area (Å²) in [5.41, 5.74) is 9.92. The van der Waals surface area contributed by atoms with Crippen LogP contribution in [0.3, 0.4) is 0 Å². The first-order chi connectivity index (χ1) is 17.5. The minimum atomic E-state index is -0.403. The number of urea groups is 1. The van der Waals surface area contributed by atoms with Gasteiger partial charge in [0.1, 0.15) is 23.7 Å². The summed E-state index contributed by atoms with van der Waals surface area (Å²) in [6, 6.07) is 27.6. The van der Waals surface area contributed by atoms with Crippen molar-refractivity contribution in [1.82, 2.24) is 19.7 Å². The molecule has 5 rings (SSSR count). The molecule has 0 aliphatic heterocycles. The number of amides is 2. The van der Waals surface area contributed by atoms with Crippen molar-refractivity contribution in [3.05, 3.63) is 103 Å². The minimum absolute atomic E-state index is 0.315. The van der Waals surface area contributed by atoms with E-state index in [1.807, 2.05) is 67.6 Å². The predicted octanol–water partition coefficient (Wildman–Crippen LogP) is 5.66. The van der Waals surface area contributed by atoms with E-state index in [0.717, 1.165) is 22.5 Å². The number of nitrogens with two attached hydrogens (primary N) is 1. The fourth-order valence-corrected chi connectivity index (χ4v) is 3.52. The summed E-state index contributed by atoms with van der Waals surface area (Å²) in [5.74, 6) is 1.73. The number of hydrogen-bond donors (Lipinski definition) is 3. The van der Waals surface area contributed by atoms with Crippen LogP contribution in [0.1, 0.15) is 5.56 Å². The molecule has 4 N–H and O–H groups in total. The van der Waals surface area contributed by atoms with Crippen molar-refractivity contribution in [1.29, 1.82) is 0 Å². The third-order valence-corrected chi connectivity index (χ3v) is 5.30. The standard InChI is InChI=1S/C27H23N7O2/c1-18-7-11-21(12-8-18)34-25(15-23(33-34)19-5-3-2-4-6-19)32-27(35)31-20-9-13-22(14-10-20)36-26-16-24(28)29-17-30-26/h2-17H,1H3,(H2,28,29,30)(H2,31,32,35). The highest BCUT2D eigenvalue weighted by Crippen LogP contribution is 2.26. The topological polar surface area (TPSA) is 120 Å². The number of ether oxygens (including phenoxy) is 1. The summed E-state index contributed by atoms with van der Waals surface area (Å²) in [7, 11) is 0. The van der Waals surface area contributed by atoms with Crippen molar-refractivity contribution in [2.75, 3.05) is 16.4 Å². The van der Waals surface area contributed by atoms with Crippen LogP contribution in [0, 0.1) is 6.92 Å². The molecular formula is C27H23N7O2. The van der Waals surface area contributed by atoms with E-state index in [2.05, 4.69) is 20.6 Å². The van der Waals surface area contributed by atoms with Gasteiger partial charge in [0.15, 0.2) is 0 Å². The Labute approximate surface area is 207 Å². The SMILES string of the molecule is Cc1ccc(-n2nc(-c3ccccc3)cc2NC(=O)Nc2ccc(Oc3cc(N)ncn3)cc2)cc1. The van der Waals surface area contributed by atoms with E-state index >= 15 is 0 Å². The van der Waals surface area contributed by atoms with Crippen LogP contribution in [0.15, 0.2) is 97.3 Å². The van der Waals surface area contributed by atoms with Gasteiger partial charge in [-0.2, -0.15) is 5.10 Å². The normalized spacial score (nSPS) is 10.6. The van der Waals surface area contributed by atoms with E-state index in [-0.39, 0.29) is 0 Å². The maximum Gasteiger partial charge on any atom is 0.324 e. The van der Waals surface area contributed by atoms with E-state index < -0.39 is 6.03 Å². The molecule has 3 aromatic carbocycles. The largest absolute Gasteiger partial charge is 0.439 e. The van der Waals surface area contributed by atoms with Crippen LogP contribution in [-0.2, 0) is 0 Å². The van der Waals surface area contributed by atoms with Gasteiger partial charge in [-0.15, -0.1) is 0 Å². The van der Waals surface area contributed by atoms with Crippen LogP contribution in [-0.4, -0.2) is 25.8 Å². The number of hydrogen-bond acceptors (Lipinski definition) is 6. The van der Waals surface area contributed by atoms with Crippen LogP contribution in [0.5, 0.6) is 11.6 Å². The van der Waals surface area contributed by atoms with Crippen molar-refractivity contribution < 1.29 is 9.53 Å². The molecule has 0 spiro atoms. The number of aromatic nitrogens is 4. The van der Waals surface area contributed by atoms with Crippen LogP contribution in [0.4, 0.5) is 22.1 Å². The van der Waals surface area contributed by atoms with Crippen LogP contribution in [0.25, 0.3) is 16.9 Å². The van der Waals surface area contributed by atoms with E-state index in [4.69, 9.17) is 15.6 Å². The van der Waals surface area contributed by atoms with Crippen LogP contribution >= 0.6 is 0 Å². The first-order valence-electron chi connectivity index (χ1n) is 11.2. The molecule has 0 saturated heterocycles. The molecule has 0 radical (unpaired) electrons. The van der Waals surface area contributed by atoms with Gasteiger partial charge in [-0.3, -0.25) is 5.32 Å². The molecule has 0 aliphatic rings. The Bertz CT molecular complexity index is 1480. The molecule has 0 unspecified atom stereocenters. The second kappa shape index (κ2) is 9.98. The molecule has 2 aromatic heterocycles. The molecule has 0 fully saturated rings. The highest BCUT2D eigenvalue weighted by Gasteiger charge is 2.14. The van der Waals surface area contributed by atoms with Crippen LogP contribution < -0.4 is 21.1 Å². The summed E-state index contributed by atoms with van der Waals surface area (Å²) in [5, 5.41) is 10.5. The lowest BCUT2D eigenvalue weighted by Crippen LogP contribution is -2.21. The summed E-state index contributed by atoms with van der Waals surface area (Å²) >= 11 is 0. The number of carbonyl (C=O) groups is 1. The Morgan fingerprint density at radius 3 is 2.36 bits per heavy atom. The maximum absolute atomic E-state index is 12.9. The van der Waals surface area contributed by atoms with Gasteiger partial charge in [-0.1, -0.05) is 48.0 Å².